The number of halogens is 1. The van der Waals surface area contributed by atoms with Gasteiger partial charge in [0.25, 0.3) is 0 Å². The Hall–Kier alpha value is -1.59. The Labute approximate surface area is 168 Å². The van der Waals surface area contributed by atoms with Crippen molar-refractivity contribution in [1.82, 2.24) is 20.0 Å². The number of allylic oxidation sites excluding steroid dienone is 1. The second-order valence-electron chi connectivity index (χ2n) is 7.56. The highest BCUT2D eigenvalue weighted by Gasteiger charge is 2.19. The molecule has 0 atom stereocenters. The Morgan fingerprint density at radius 3 is 2.67 bits per heavy atom. The summed E-state index contributed by atoms with van der Waals surface area (Å²) in [5, 5.41) is 8.20. The topological polar surface area (TPSA) is 50.2 Å². The zero-order valence-corrected chi connectivity index (χ0v) is 17.9. The molecule has 1 aliphatic rings. The summed E-state index contributed by atoms with van der Waals surface area (Å²) in [4.78, 5) is 14.7. The molecule has 2 heterocycles. The number of carbonyl (C=O) groups is 1. The van der Waals surface area contributed by atoms with Crippen LogP contribution in [0.2, 0.25) is 5.15 Å². The summed E-state index contributed by atoms with van der Waals surface area (Å²) >= 11 is 6.42. The molecule has 0 aliphatic carbocycles. The molecule has 150 valence electrons. The van der Waals surface area contributed by atoms with Crippen LogP contribution < -0.4 is 5.32 Å². The lowest BCUT2D eigenvalue weighted by Crippen LogP contribution is -2.44. The summed E-state index contributed by atoms with van der Waals surface area (Å²) in [6, 6.07) is 0.244. The monoisotopic (exact) mass is 392 g/mol. The molecule has 1 N–H and O–H groups in total. The Morgan fingerprint density at radius 2 is 2.04 bits per heavy atom. The molecule has 1 fully saturated rings. The van der Waals surface area contributed by atoms with Crippen molar-refractivity contribution in [1.29, 1.82) is 0 Å². The fraction of sp³-hybridized carbons (Fsp3) is 0.619. The van der Waals surface area contributed by atoms with Crippen LogP contribution in [0.1, 0.15) is 57.7 Å². The molecular formula is C21H33ClN4O. The van der Waals surface area contributed by atoms with Crippen molar-refractivity contribution in [3.63, 3.8) is 0 Å². The minimum atomic E-state index is -0.0606. The fourth-order valence-corrected chi connectivity index (χ4v) is 3.51. The van der Waals surface area contributed by atoms with E-state index in [0.29, 0.717) is 5.15 Å². The van der Waals surface area contributed by atoms with Crippen LogP contribution in [0.5, 0.6) is 0 Å². The van der Waals surface area contributed by atoms with E-state index in [9.17, 15) is 4.79 Å². The van der Waals surface area contributed by atoms with Gasteiger partial charge in [0.15, 0.2) is 0 Å². The van der Waals surface area contributed by atoms with E-state index in [2.05, 4.69) is 42.2 Å². The van der Waals surface area contributed by atoms with Gasteiger partial charge < -0.3 is 5.32 Å². The van der Waals surface area contributed by atoms with Crippen LogP contribution in [0, 0.1) is 6.92 Å². The van der Waals surface area contributed by atoms with E-state index in [1.165, 1.54) is 5.57 Å². The van der Waals surface area contributed by atoms with Crippen LogP contribution in [0.4, 0.5) is 0 Å². The van der Waals surface area contributed by atoms with Gasteiger partial charge in [-0.3, -0.25) is 14.4 Å². The zero-order valence-electron chi connectivity index (χ0n) is 17.1. The van der Waals surface area contributed by atoms with Crippen molar-refractivity contribution in [3.05, 3.63) is 34.1 Å². The average Bonchev–Trinajstić information content (AvgIpc) is 2.90. The van der Waals surface area contributed by atoms with Gasteiger partial charge in [-0.15, -0.1) is 0 Å². The summed E-state index contributed by atoms with van der Waals surface area (Å²) in [5.41, 5.74) is 3.04. The number of piperidine rings is 1. The van der Waals surface area contributed by atoms with E-state index in [1.54, 1.807) is 12.2 Å². The molecule has 1 aliphatic heterocycles. The van der Waals surface area contributed by atoms with E-state index in [1.807, 2.05) is 11.6 Å². The number of nitrogens with zero attached hydrogens (tertiary/aromatic N) is 3. The Balaban J connectivity index is 1.84. The SMILES string of the molecule is CCCCn1nc(C)c(/C=C/C(=O)NC2CCN(CC=C(C)C)CC2)c1Cl. The number of unbranched alkanes of at least 4 members (excludes halogenated alkanes) is 1. The second kappa shape index (κ2) is 10.7. The van der Waals surface area contributed by atoms with Crippen molar-refractivity contribution in [3.8, 4) is 0 Å². The van der Waals surface area contributed by atoms with Crippen molar-refractivity contribution < 1.29 is 4.79 Å². The number of amides is 1. The van der Waals surface area contributed by atoms with E-state index in [-0.39, 0.29) is 11.9 Å². The third-order valence-electron chi connectivity index (χ3n) is 4.93. The molecule has 2 rings (SSSR count). The van der Waals surface area contributed by atoms with Gasteiger partial charge in [0.1, 0.15) is 5.15 Å². The fourth-order valence-electron chi connectivity index (χ4n) is 3.19. The van der Waals surface area contributed by atoms with E-state index < -0.39 is 0 Å². The van der Waals surface area contributed by atoms with Gasteiger partial charge in [0, 0.05) is 43.9 Å². The van der Waals surface area contributed by atoms with Gasteiger partial charge in [0.2, 0.25) is 5.91 Å². The molecule has 0 aromatic carbocycles. The molecule has 6 heteroatoms. The summed E-state index contributed by atoms with van der Waals surface area (Å²) in [5.74, 6) is -0.0606. The van der Waals surface area contributed by atoms with Gasteiger partial charge in [-0.05, 0) is 46.1 Å². The molecule has 0 bridgehead atoms. The van der Waals surface area contributed by atoms with E-state index in [4.69, 9.17) is 11.6 Å². The van der Waals surface area contributed by atoms with Gasteiger partial charge in [-0.2, -0.15) is 5.10 Å². The normalized spacial score (nSPS) is 16.0. The van der Waals surface area contributed by atoms with Crippen LogP contribution in [0.15, 0.2) is 17.7 Å². The van der Waals surface area contributed by atoms with Crippen LogP contribution in [-0.2, 0) is 11.3 Å². The number of nitrogens with one attached hydrogen (secondary N) is 1. The number of aromatic nitrogens is 2. The summed E-state index contributed by atoms with van der Waals surface area (Å²) in [6.45, 7) is 12.2. The third-order valence-corrected chi connectivity index (χ3v) is 5.32. The number of carbonyl (C=O) groups excluding carboxylic acids is 1. The first kappa shape index (κ1) is 21.7. The molecule has 5 nitrogen and oxygen atoms in total. The highest BCUT2D eigenvalue weighted by Crippen LogP contribution is 2.21. The molecule has 27 heavy (non-hydrogen) atoms. The number of hydrogen-bond donors (Lipinski definition) is 1. The Kier molecular flexibility index (Phi) is 8.58. The maximum Gasteiger partial charge on any atom is 0.244 e. The van der Waals surface area contributed by atoms with Gasteiger partial charge in [0.05, 0.1) is 5.69 Å². The van der Waals surface area contributed by atoms with Crippen molar-refractivity contribution in [2.75, 3.05) is 19.6 Å². The van der Waals surface area contributed by atoms with E-state index >= 15 is 0 Å². The quantitative estimate of drug-likeness (QED) is 0.532. The number of likely N-dealkylation sites (tertiary alicyclic amines) is 1. The van der Waals surface area contributed by atoms with Crippen LogP contribution in [-0.4, -0.2) is 46.3 Å². The minimum Gasteiger partial charge on any atom is -0.350 e. The Morgan fingerprint density at radius 1 is 1.33 bits per heavy atom. The van der Waals surface area contributed by atoms with Crippen molar-refractivity contribution in [2.45, 2.75) is 66.0 Å². The standard InChI is InChI=1S/C21H33ClN4O/c1-5-6-12-26-21(22)19(17(4)24-26)7-8-20(27)23-18-10-14-25(15-11-18)13-9-16(2)3/h7-9,18H,5-6,10-15H2,1-4H3,(H,23,27)/b8-7+. The lowest BCUT2D eigenvalue weighted by Gasteiger charge is -2.31. The maximum absolute atomic E-state index is 12.3. The summed E-state index contributed by atoms with van der Waals surface area (Å²) < 4.78 is 1.82. The lowest BCUT2D eigenvalue weighted by atomic mass is 10.0. The average molecular weight is 393 g/mol. The van der Waals surface area contributed by atoms with Crippen LogP contribution >= 0.6 is 11.6 Å². The smallest absolute Gasteiger partial charge is 0.244 e. The predicted molar refractivity (Wildman–Crippen MR) is 113 cm³/mol. The molecule has 1 saturated heterocycles. The Bertz CT molecular complexity index is 681. The molecular weight excluding hydrogens is 360 g/mol. The predicted octanol–water partition coefficient (Wildman–Crippen LogP) is 4.21. The van der Waals surface area contributed by atoms with Gasteiger partial charge >= 0.3 is 0 Å². The minimum absolute atomic E-state index is 0.0606. The second-order valence-corrected chi connectivity index (χ2v) is 7.92. The van der Waals surface area contributed by atoms with Crippen molar-refractivity contribution in [2.24, 2.45) is 0 Å². The zero-order chi connectivity index (χ0) is 19.8. The largest absolute Gasteiger partial charge is 0.350 e. The molecule has 0 saturated carbocycles. The lowest BCUT2D eigenvalue weighted by molar-refractivity contribution is -0.117. The van der Waals surface area contributed by atoms with Gasteiger partial charge in [-0.1, -0.05) is 36.6 Å². The summed E-state index contributed by atoms with van der Waals surface area (Å²) in [7, 11) is 0. The maximum atomic E-state index is 12.3. The molecule has 1 aromatic rings. The summed E-state index contributed by atoms with van der Waals surface area (Å²) in [6.07, 6.45) is 9.74. The molecule has 0 spiro atoms. The molecule has 1 aromatic heterocycles. The molecule has 0 unspecified atom stereocenters. The van der Waals surface area contributed by atoms with Crippen molar-refractivity contribution >= 4 is 23.6 Å². The van der Waals surface area contributed by atoms with Crippen LogP contribution in [0.3, 0.4) is 0 Å². The van der Waals surface area contributed by atoms with Gasteiger partial charge in [-0.25, -0.2) is 0 Å². The highest BCUT2D eigenvalue weighted by atomic mass is 35.5. The first-order valence-electron chi connectivity index (χ1n) is 9.98. The molecule has 0 radical (unpaired) electrons. The highest BCUT2D eigenvalue weighted by molar-refractivity contribution is 6.31. The molecule has 1 amide bonds. The van der Waals surface area contributed by atoms with E-state index in [0.717, 1.165) is 63.1 Å². The third kappa shape index (κ3) is 6.82. The first-order chi connectivity index (χ1) is 12.9. The van der Waals surface area contributed by atoms with Crippen LogP contribution in [0.25, 0.3) is 6.08 Å². The number of hydrogen-bond acceptors (Lipinski definition) is 3. The number of aryl methyl sites for hydroxylation is 2. The first-order valence-corrected chi connectivity index (χ1v) is 10.4. The number of rotatable bonds is 8.